The molecule has 0 aliphatic heterocycles. The van der Waals surface area contributed by atoms with Gasteiger partial charge in [-0.1, -0.05) is 17.2 Å². The van der Waals surface area contributed by atoms with Crippen LogP contribution in [0.4, 0.5) is 0 Å². The van der Waals surface area contributed by atoms with E-state index in [1.54, 1.807) is 25.1 Å². The second-order valence-electron chi connectivity index (χ2n) is 4.10. The van der Waals surface area contributed by atoms with Crippen LogP contribution in [0.1, 0.15) is 35.4 Å². The van der Waals surface area contributed by atoms with Gasteiger partial charge in [0, 0.05) is 11.5 Å². The molecule has 7 heteroatoms. The summed E-state index contributed by atoms with van der Waals surface area (Å²) in [6.07, 6.45) is -2.09. The number of aliphatic hydroxyl groups is 2. The maximum atomic E-state index is 11.6. The highest BCUT2D eigenvalue weighted by molar-refractivity contribution is 5.89. The van der Waals surface area contributed by atoms with Gasteiger partial charge in [0.05, 0.1) is 18.3 Å². The van der Waals surface area contributed by atoms with Gasteiger partial charge in [0.25, 0.3) is 0 Å². The van der Waals surface area contributed by atoms with Crippen LogP contribution < -0.4 is 0 Å². The van der Waals surface area contributed by atoms with Crippen LogP contribution in [0.15, 0.2) is 29.4 Å². The monoisotopic (exact) mass is 279 g/mol. The predicted molar refractivity (Wildman–Crippen MR) is 72.0 cm³/mol. The molecule has 1 aromatic rings. The minimum atomic E-state index is -1.15. The first-order valence-electron chi connectivity index (χ1n) is 6.24. The smallest absolute Gasteiger partial charge is 0.338 e. The molecule has 1 rings (SSSR count). The summed E-state index contributed by atoms with van der Waals surface area (Å²) >= 11 is 0. The number of azide groups is 1. The summed E-state index contributed by atoms with van der Waals surface area (Å²) in [6.45, 7) is 2.06. The summed E-state index contributed by atoms with van der Waals surface area (Å²) in [5.41, 5.74) is 8.86. The minimum Gasteiger partial charge on any atom is -0.462 e. The molecule has 0 saturated carbocycles. The molecule has 0 radical (unpaired) electrons. The third kappa shape index (κ3) is 4.55. The number of rotatable bonds is 7. The van der Waals surface area contributed by atoms with Crippen LogP contribution in [0.25, 0.3) is 10.4 Å². The molecule has 2 atom stereocenters. The highest BCUT2D eigenvalue weighted by Crippen LogP contribution is 2.20. The Balaban J connectivity index is 2.77. The van der Waals surface area contributed by atoms with Gasteiger partial charge in [-0.2, -0.15) is 0 Å². The molecule has 0 heterocycles. The van der Waals surface area contributed by atoms with E-state index in [9.17, 15) is 15.0 Å². The standard InChI is InChI=1S/C13H17N3O4/c1-2-20-13(19)10-5-3-4-9(8-10)12(18)11(17)6-7-15-16-14/h3-5,8,11-12,17-18H,2,6-7H2,1H3. The van der Waals surface area contributed by atoms with Crippen molar-refractivity contribution >= 4 is 5.97 Å². The maximum Gasteiger partial charge on any atom is 0.338 e. The van der Waals surface area contributed by atoms with Gasteiger partial charge in [0.15, 0.2) is 0 Å². The first kappa shape index (κ1) is 16.0. The Morgan fingerprint density at radius 3 is 2.90 bits per heavy atom. The number of hydrogen-bond acceptors (Lipinski definition) is 5. The van der Waals surface area contributed by atoms with Crippen molar-refractivity contribution in [3.05, 3.63) is 45.8 Å². The van der Waals surface area contributed by atoms with Crippen LogP contribution in [-0.2, 0) is 4.74 Å². The molecular formula is C13H17N3O4. The molecule has 0 amide bonds. The molecule has 20 heavy (non-hydrogen) atoms. The van der Waals surface area contributed by atoms with Crippen LogP contribution in [0, 0.1) is 0 Å². The average Bonchev–Trinajstić information content (AvgIpc) is 2.47. The summed E-state index contributed by atoms with van der Waals surface area (Å²) in [5, 5.41) is 23.1. The Bertz CT molecular complexity index is 500. The van der Waals surface area contributed by atoms with E-state index in [0.29, 0.717) is 11.1 Å². The largest absolute Gasteiger partial charge is 0.462 e. The highest BCUT2D eigenvalue weighted by Gasteiger charge is 2.19. The van der Waals surface area contributed by atoms with E-state index in [1.165, 1.54) is 6.07 Å². The summed E-state index contributed by atoms with van der Waals surface area (Å²) in [6, 6.07) is 6.25. The number of aliphatic hydroxyl groups excluding tert-OH is 2. The average molecular weight is 279 g/mol. The molecule has 0 aromatic heterocycles. The van der Waals surface area contributed by atoms with Crippen LogP contribution in [-0.4, -0.2) is 35.4 Å². The lowest BCUT2D eigenvalue weighted by Gasteiger charge is -2.17. The number of nitrogens with zero attached hydrogens (tertiary/aromatic N) is 3. The molecule has 2 unspecified atom stereocenters. The van der Waals surface area contributed by atoms with Gasteiger partial charge in [0.1, 0.15) is 6.10 Å². The Morgan fingerprint density at radius 1 is 1.50 bits per heavy atom. The van der Waals surface area contributed by atoms with Crippen molar-refractivity contribution in [3.8, 4) is 0 Å². The van der Waals surface area contributed by atoms with Crippen molar-refractivity contribution in [2.45, 2.75) is 25.6 Å². The third-order valence-corrected chi connectivity index (χ3v) is 2.69. The van der Waals surface area contributed by atoms with Crippen molar-refractivity contribution in [1.82, 2.24) is 0 Å². The topological polar surface area (TPSA) is 116 Å². The molecule has 108 valence electrons. The van der Waals surface area contributed by atoms with Crippen molar-refractivity contribution in [3.63, 3.8) is 0 Å². The molecule has 0 fully saturated rings. The first-order valence-corrected chi connectivity index (χ1v) is 6.24. The van der Waals surface area contributed by atoms with E-state index >= 15 is 0 Å². The number of carbonyl (C=O) groups excluding carboxylic acids is 1. The van der Waals surface area contributed by atoms with Crippen molar-refractivity contribution in [2.24, 2.45) is 5.11 Å². The number of benzene rings is 1. The number of hydrogen-bond donors (Lipinski definition) is 2. The summed E-state index contributed by atoms with van der Waals surface area (Å²) in [4.78, 5) is 14.1. The van der Waals surface area contributed by atoms with Crippen molar-refractivity contribution < 1.29 is 19.7 Å². The zero-order chi connectivity index (χ0) is 15.0. The third-order valence-electron chi connectivity index (χ3n) is 2.69. The van der Waals surface area contributed by atoms with Gasteiger partial charge in [-0.05, 0) is 36.6 Å². The van der Waals surface area contributed by atoms with Crippen molar-refractivity contribution in [1.29, 1.82) is 0 Å². The fourth-order valence-corrected chi connectivity index (χ4v) is 1.68. The lowest BCUT2D eigenvalue weighted by molar-refractivity contribution is 0.0149. The Hall–Kier alpha value is -2.08. The quantitative estimate of drug-likeness (QED) is 0.343. The van der Waals surface area contributed by atoms with Gasteiger partial charge in [0.2, 0.25) is 0 Å². The summed E-state index contributed by atoms with van der Waals surface area (Å²) < 4.78 is 4.86. The summed E-state index contributed by atoms with van der Waals surface area (Å²) in [5.74, 6) is -0.481. The molecule has 0 bridgehead atoms. The Kier molecular flexibility index (Phi) is 6.52. The minimum absolute atomic E-state index is 0.0896. The Labute approximate surface area is 116 Å². The number of ether oxygens (including phenoxy) is 1. The molecule has 7 nitrogen and oxygen atoms in total. The van der Waals surface area contributed by atoms with E-state index < -0.39 is 18.2 Å². The Morgan fingerprint density at radius 2 is 2.25 bits per heavy atom. The van der Waals surface area contributed by atoms with Crippen LogP contribution in [0.5, 0.6) is 0 Å². The molecule has 2 N–H and O–H groups in total. The number of esters is 1. The summed E-state index contributed by atoms with van der Waals surface area (Å²) in [7, 11) is 0. The number of carbonyl (C=O) groups is 1. The lowest BCUT2D eigenvalue weighted by atomic mass is 10.0. The van der Waals surface area contributed by atoms with E-state index in [1.807, 2.05) is 0 Å². The van der Waals surface area contributed by atoms with Gasteiger partial charge < -0.3 is 14.9 Å². The van der Waals surface area contributed by atoms with Crippen LogP contribution in [0.3, 0.4) is 0 Å². The van der Waals surface area contributed by atoms with E-state index in [4.69, 9.17) is 10.3 Å². The lowest BCUT2D eigenvalue weighted by Crippen LogP contribution is -2.19. The molecule has 0 saturated heterocycles. The highest BCUT2D eigenvalue weighted by atomic mass is 16.5. The zero-order valence-electron chi connectivity index (χ0n) is 11.1. The predicted octanol–water partition coefficient (Wildman–Crippen LogP) is 1.96. The molecule has 0 spiro atoms. The SMILES string of the molecule is CCOC(=O)c1cccc(C(O)C(O)CCN=[N+]=[N-])c1. The molecule has 0 aliphatic rings. The molecule has 1 aromatic carbocycles. The van der Waals surface area contributed by atoms with E-state index in [-0.39, 0.29) is 19.6 Å². The van der Waals surface area contributed by atoms with Gasteiger partial charge in [-0.15, -0.1) is 0 Å². The van der Waals surface area contributed by atoms with E-state index in [2.05, 4.69) is 10.0 Å². The van der Waals surface area contributed by atoms with Gasteiger partial charge in [-0.25, -0.2) is 4.79 Å². The van der Waals surface area contributed by atoms with Gasteiger partial charge >= 0.3 is 5.97 Å². The van der Waals surface area contributed by atoms with Crippen LogP contribution >= 0.6 is 0 Å². The second-order valence-corrected chi connectivity index (χ2v) is 4.10. The fourth-order valence-electron chi connectivity index (χ4n) is 1.68. The maximum absolute atomic E-state index is 11.6. The molecule has 0 aliphatic carbocycles. The normalized spacial score (nSPS) is 13.2. The van der Waals surface area contributed by atoms with E-state index in [0.717, 1.165) is 0 Å². The zero-order valence-corrected chi connectivity index (χ0v) is 11.1. The first-order chi connectivity index (χ1) is 9.60. The molecular weight excluding hydrogens is 262 g/mol. The van der Waals surface area contributed by atoms with Gasteiger partial charge in [-0.3, -0.25) is 0 Å². The van der Waals surface area contributed by atoms with Crippen LogP contribution in [0.2, 0.25) is 0 Å². The van der Waals surface area contributed by atoms with Crippen molar-refractivity contribution in [2.75, 3.05) is 13.2 Å². The fraction of sp³-hybridized carbons (Fsp3) is 0.462. The second kappa shape index (κ2) is 8.16.